The molecule has 0 unspecified atom stereocenters. The Morgan fingerprint density at radius 2 is 1.00 bits per heavy atom. The molecule has 0 aromatic heterocycles. The van der Waals surface area contributed by atoms with E-state index in [2.05, 4.69) is 0 Å². The van der Waals surface area contributed by atoms with Gasteiger partial charge in [-0.25, -0.2) is 0 Å². The molecule has 0 aliphatic carbocycles. The Morgan fingerprint density at radius 1 is 1.00 bits per heavy atom. The summed E-state index contributed by atoms with van der Waals surface area (Å²) in [6, 6.07) is 0. The molecule has 0 spiro atoms. The molecule has 46 valence electrons. The fraction of sp³-hybridized carbons (Fsp3) is 0. The molecule has 0 fully saturated rings. The monoisotopic (exact) mass is 248 g/mol. The van der Waals surface area contributed by atoms with Crippen LogP contribution < -0.4 is 68.7 Å². The molecule has 8 heteroatoms. The summed E-state index contributed by atoms with van der Waals surface area (Å²) >= 11 is 0. The molecular weight excluding hydrogens is 249 g/mol. The zero-order valence-corrected chi connectivity index (χ0v) is 11.2. The van der Waals surface area contributed by atoms with Crippen molar-refractivity contribution in [1.82, 2.24) is 0 Å². The normalized spacial score (nSPS) is 3.00. The summed E-state index contributed by atoms with van der Waals surface area (Å²) in [7, 11) is -3.63. The van der Waals surface area contributed by atoms with Gasteiger partial charge in [-0.2, -0.15) is 0 Å². The first-order chi connectivity index (χ1) is 1.73. The van der Waals surface area contributed by atoms with E-state index < -0.39 is 9.17 Å². The van der Waals surface area contributed by atoms with Gasteiger partial charge in [0.15, 0.2) is 0 Å². The Morgan fingerprint density at radius 3 is 1.00 bits per heavy atom. The minimum Gasteiger partial charge on any atom is -0.672 e. The van der Waals surface area contributed by atoms with Crippen LogP contribution in [-0.4, -0.2) is 9.17 Å². The van der Waals surface area contributed by atoms with E-state index in [1.807, 2.05) is 0 Å². The van der Waals surface area contributed by atoms with Crippen LogP contribution in [0, 0.1) is 0 Å². The molecule has 0 heterocycles. The van der Waals surface area contributed by atoms with Crippen LogP contribution in [0.2, 0.25) is 0 Å². The van der Waals surface area contributed by atoms with Crippen molar-refractivity contribution in [3.8, 4) is 0 Å². The Labute approximate surface area is 114 Å². The van der Waals surface area contributed by atoms with E-state index in [9.17, 15) is 0 Å². The summed E-state index contributed by atoms with van der Waals surface area (Å²) in [5.41, 5.74) is 0. The van der Waals surface area contributed by atoms with Crippen LogP contribution in [0.5, 0.6) is 0 Å². The predicted molar refractivity (Wildman–Crippen MR) is 6.44 cm³/mol. The number of rotatable bonds is 0. The largest absolute Gasteiger partial charge is 1.00 e. The molecule has 2 radical (unpaired) electrons. The van der Waals surface area contributed by atoms with Crippen LogP contribution in [0.3, 0.4) is 0 Å². The molecule has 8 heavy (non-hydrogen) atoms. The average Bonchev–Trinajstić information content (AvgIpc) is 0.811. The summed E-state index contributed by atoms with van der Waals surface area (Å²) in [4.78, 5) is 17.0. The summed E-state index contributed by atoms with van der Waals surface area (Å²) in [6.07, 6.45) is 0. The molecule has 0 N–H and O–H groups in total. The quantitative estimate of drug-likeness (QED) is 0.400. The Kier molecular flexibility index (Phi) is 87.8. The van der Waals surface area contributed by atoms with Crippen LogP contribution in [0.25, 0.3) is 0 Å². The Hall–Kier alpha value is 2.66. The van der Waals surface area contributed by atoms with Crippen molar-refractivity contribution >= 4 is 9.17 Å². The molecule has 0 saturated heterocycles. The molecule has 0 rings (SSSR count). The molecule has 0 aliphatic heterocycles. The second kappa shape index (κ2) is 22.6. The topological polar surface area (TPSA) is 63.2 Å². The molecule has 0 aliphatic rings. The van der Waals surface area contributed by atoms with Crippen molar-refractivity contribution < 1.29 is 107 Å². The van der Waals surface area contributed by atoms with E-state index in [0.717, 1.165) is 0 Å². The SMILES string of the molecule is O=[Si]([O-])[O-].[Cu].[Cu].[Na+].[Na+]. The zero-order chi connectivity index (χ0) is 3.58. The maximum absolute atomic E-state index is 8.52. The van der Waals surface area contributed by atoms with E-state index in [-0.39, 0.29) is 93.3 Å². The summed E-state index contributed by atoms with van der Waals surface area (Å²) in [5, 5.41) is 0. The van der Waals surface area contributed by atoms with Gasteiger partial charge in [-0.15, -0.1) is 0 Å². The third-order valence-electron chi connectivity index (χ3n) is 0. The molecule has 0 aromatic rings. The summed E-state index contributed by atoms with van der Waals surface area (Å²) < 4.78 is 8.52. The molecule has 0 aromatic carbocycles. The van der Waals surface area contributed by atoms with Gasteiger partial charge < -0.3 is 14.1 Å². The van der Waals surface area contributed by atoms with Crippen LogP contribution in [0.1, 0.15) is 0 Å². The predicted octanol–water partition coefficient (Wildman–Crippen LogP) is -8.87. The number of hydrogen-bond acceptors (Lipinski definition) is 3. The van der Waals surface area contributed by atoms with Crippen molar-refractivity contribution in [3.05, 3.63) is 0 Å². The Balaban J connectivity index is -0.00000000750. The fourth-order valence-corrected chi connectivity index (χ4v) is 0. The molecule has 0 bridgehead atoms. The van der Waals surface area contributed by atoms with Gasteiger partial charge in [0.05, 0.1) is 0 Å². The summed E-state index contributed by atoms with van der Waals surface area (Å²) in [6.45, 7) is 0. The molecule has 0 atom stereocenters. The van der Waals surface area contributed by atoms with Crippen LogP contribution in [0.4, 0.5) is 0 Å². The van der Waals surface area contributed by atoms with Gasteiger partial charge in [-0.3, -0.25) is 0 Å². The van der Waals surface area contributed by atoms with E-state index in [0.29, 0.717) is 0 Å². The zero-order valence-electron chi connectivity index (χ0n) is 4.33. The van der Waals surface area contributed by atoms with E-state index >= 15 is 0 Å². The van der Waals surface area contributed by atoms with Crippen molar-refractivity contribution in [2.24, 2.45) is 0 Å². The van der Waals surface area contributed by atoms with E-state index in [4.69, 9.17) is 14.1 Å². The van der Waals surface area contributed by atoms with Gasteiger partial charge in [0.25, 0.3) is 0 Å². The first kappa shape index (κ1) is 31.1. The van der Waals surface area contributed by atoms with Gasteiger partial charge in [0, 0.05) is 43.3 Å². The second-order valence-corrected chi connectivity index (χ2v) is 0.750. The standard InChI is InChI=1S/2Cu.2Na.O3Si/c;;;;1-4(2)3/q;;2*+1;-2. The molecular formula is Cu2Na2O3Si. The Bertz CT molecular complexity index is 38.3. The maximum Gasteiger partial charge on any atom is 1.00 e. The second-order valence-electron chi connectivity index (χ2n) is 0.250. The van der Waals surface area contributed by atoms with Crippen LogP contribution in [0.15, 0.2) is 0 Å². The van der Waals surface area contributed by atoms with Crippen molar-refractivity contribution in [2.75, 3.05) is 0 Å². The van der Waals surface area contributed by atoms with E-state index in [1.54, 1.807) is 0 Å². The van der Waals surface area contributed by atoms with Gasteiger partial charge in [0.2, 0.25) is 0 Å². The van der Waals surface area contributed by atoms with Gasteiger partial charge in [-0.05, 0) is 0 Å². The molecule has 3 nitrogen and oxygen atoms in total. The van der Waals surface area contributed by atoms with Crippen molar-refractivity contribution in [1.29, 1.82) is 0 Å². The molecule has 0 amide bonds. The average molecular weight is 249 g/mol. The minimum absolute atomic E-state index is 0. The minimum atomic E-state index is -3.63. The maximum atomic E-state index is 8.52. The smallest absolute Gasteiger partial charge is 0.672 e. The molecule has 0 saturated carbocycles. The van der Waals surface area contributed by atoms with E-state index in [1.165, 1.54) is 0 Å². The fourth-order valence-electron chi connectivity index (χ4n) is 0. The summed E-state index contributed by atoms with van der Waals surface area (Å²) in [5.74, 6) is 0. The van der Waals surface area contributed by atoms with Gasteiger partial charge in [-0.1, -0.05) is 0 Å². The van der Waals surface area contributed by atoms with Gasteiger partial charge >= 0.3 is 59.1 Å². The first-order valence-electron chi connectivity index (χ1n) is 0.612. The van der Waals surface area contributed by atoms with Crippen molar-refractivity contribution in [2.45, 2.75) is 0 Å². The third-order valence-corrected chi connectivity index (χ3v) is 0. The van der Waals surface area contributed by atoms with Crippen LogP contribution in [-0.2, 0) is 38.6 Å². The third kappa shape index (κ3) is 71.9. The van der Waals surface area contributed by atoms with Crippen LogP contribution >= 0.6 is 0 Å². The first-order valence-corrected chi connectivity index (χ1v) is 1.84. The number of hydrogen-bond donors (Lipinski definition) is 0. The van der Waals surface area contributed by atoms with Gasteiger partial charge in [0.1, 0.15) is 0 Å². The van der Waals surface area contributed by atoms with Crippen molar-refractivity contribution in [3.63, 3.8) is 0 Å².